The van der Waals surface area contributed by atoms with Crippen LogP contribution in [0.5, 0.6) is 0 Å². The Morgan fingerprint density at radius 2 is 2.15 bits per heavy atom. The third-order valence-electron chi connectivity index (χ3n) is 1.99. The number of nitrogens with zero attached hydrogens (tertiary/aromatic N) is 2. The Bertz CT molecular complexity index is 235. The molecule has 0 saturated carbocycles. The van der Waals surface area contributed by atoms with Gasteiger partial charge in [0.15, 0.2) is 0 Å². The van der Waals surface area contributed by atoms with Crippen LogP contribution in [0.15, 0.2) is 18.7 Å². The predicted molar refractivity (Wildman–Crippen MR) is 50.4 cm³/mol. The third-order valence-corrected chi connectivity index (χ3v) is 1.99. The maximum Gasteiger partial charge on any atom is 0.245 e. The van der Waals surface area contributed by atoms with Gasteiger partial charge in [0.25, 0.3) is 0 Å². The predicted octanol–water partition coefficient (Wildman–Crippen LogP) is 0.876. The van der Waals surface area contributed by atoms with Crippen LogP contribution in [0.3, 0.4) is 0 Å². The van der Waals surface area contributed by atoms with E-state index in [9.17, 15) is 0 Å². The lowest BCUT2D eigenvalue weighted by Crippen LogP contribution is -2.31. The van der Waals surface area contributed by atoms with Gasteiger partial charge in [0.1, 0.15) is 18.6 Å². The molecule has 0 aliphatic rings. The normalized spacial score (nSPS) is 12.2. The molecule has 0 aliphatic heterocycles. The molecule has 0 radical (unpaired) electrons. The fraction of sp³-hybridized carbons (Fsp3) is 0.667. The highest BCUT2D eigenvalue weighted by Crippen LogP contribution is 2.00. The molecule has 0 amide bonds. The lowest BCUT2D eigenvalue weighted by molar-refractivity contribution is -0.696. The average molecular weight is 185 g/mol. The fourth-order valence-electron chi connectivity index (χ4n) is 1.21. The Morgan fingerprint density at radius 1 is 1.46 bits per heavy atom. The quantitative estimate of drug-likeness (QED) is 0.707. The lowest BCUT2D eigenvalue weighted by atomic mass is 10.4. The van der Waals surface area contributed by atoms with E-state index in [0.29, 0.717) is 0 Å². The van der Waals surface area contributed by atoms with Crippen molar-refractivity contribution >= 4 is 0 Å². The van der Waals surface area contributed by atoms with Crippen LogP contribution in [0.1, 0.15) is 32.9 Å². The number of nitrogens with two attached hydrogens (primary N) is 1. The number of imidazole rings is 1. The smallest absolute Gasteiger partial charge is 0.245 e. The molecule has 1 rings (SSSR count). The zero-order chi connectivity index (χ0) is 8.97. The Hall–Kier alpha value is -0.870. The van der Waals surface area contributed by atoms with Gasteiger partial charge in [-0.1, -0.05) is 13.8 Å². The first kappa shape index (κ1) is 12.1. The molecule has 1 aromatic rings. The van der Waals surface area contributed by atoms with Gasteiger partial charge in [-0.25, -0.2) is 9.13 Å². The molecule has 0 fully saturated rings. The molecular formula is C9H19N3O. The summed E-state index contributed by atoms with van der Waals surface area (Å²) in [4.78, 5) is 0. The molecule has 1 heterocycles. The Labute approximate surface area is 79.3 Å². The number of hydrogen-bond acceptors (Lipinski definition) is 2. The first-order valence-electron chi connectivity index (χ1n) is 4.60. The average Bonchev–Trinajstić information content (AvgIpc) is 2.52. The van der Waals surface area contributed by atoms with Gasteiger partial charge in [-0.15, -0.1) is 0 Å². The highest BCUT2D eigenvalue weighted by molar-refractivity contribution is 4.70. The van der Waals surface area contributed by atoms with Crippen molar-refractivity contribution in [3.8, 4) is 0 Å². The van der Waals surface area contributed by atoms with E-state index in [1.165, 1.54) is 0 Å². The number of aryl methyl sites for hydroxylation is 1. The highest BCUT2D eigenvalue weighted by atomic mass is 16.0. The molecule has 0 aliphatic carbocycles. The minimum atomic E-state index is 0. The van der Waals surface area contributed by atoms with Crippen LogP contribution in [0.25, 0.3) is 0 Å². The molecule has 76 valence electrons. The lowest BCUT2D eigenvalue weighted by Gasteiger charge is -2.02. The topological polar surface area (TPSA) is 64.8 Å². The number of hydrogen-bond donors (Lipinski definition) is 1. The van der Waals surface area contributed by atoms with Crippen molar-refractivity contribution in [1.82, 2.24) is 4.57 Å². The van der Waals surface area contributed by atoms with Crippen LogP contribution in [-0.4, -0.2) is 10.0 Å². The molecule has 1 atom stereocenters. The zero-order valence-electron chi connectivity index (χ0n) is 8.35. The number of rotatable bonds is 4. The number of aromatic nitrogens is 2. The van der Waals surface area contributed by atoms with Crippen LogP contribution in [0, 0.1) is 0 Å². The van der Waals surface area contributed by atoms with Crippen LogP contribution >= 0.6 is 0 Å². The summed E-state index contributed by atoms with van der Waals surface area (Å²) < 4.78 is 4.21. The fourth-order valence-corrected chi connectivity index (χ4v) is 1.21. The third kappa shape index (κ3) is 3.16. The second kappa shape index (κ2) is 5.72. The van der Waals surface area contributed by atoms with Crippen LogP contribution in [0.4, 0.5) is 0 Å². The molecule has 4 heteroatoms. The van der Waals surface area contributed by atoms with Gasteiger partial charge in [0.2, 0.25) is 6.33 Å². The molecule has 0 bridgehead atoms. The standard InChI is InChI=1S/C9H18N3.H2O/c1-3-5-11-6-7-12(8-11)9(10)4-2;/h6-9H,3-5,10H2,1-2H3;1H2/q+1;/p-1. The highest BCUT2D eigenvalue weighted by Gasteiger charge is 2.08. The summed E-state index contributed by atoms with van der Waals surface area (Å²) >= 11 is 0. The second-order valence-corrected chi connectivity index (χ2v) is 3.07. The van der Waals surface area contributed by atoms with Gasteiger partial charge in [-0.2, -0.15) is 0 Å². The molecule has 0 saturated heterocycles. The van der Waals surface area contributed by atoms with Crippen molar-refractivity contribution in [3.05, 3.63) is 18.7 Å². The maximum atomic E-state index is 5.85. The van der Waals surface area contributed by atoms with Crippen LogP contribution in [0.2, 0.25) is 0 Å². The van der Waals surface area contributed by atoms with Crippen LogP contribution in [-0.2, 0) is 6.54 Å². The summed E-state index contributed by atoms with van der Waals surface area (Å²) in [5.74, 6) is 0. The maximum absolute atomic E-state index is 5.85. The van der Waals surface area contributed by atoms with Crippen molar-refractivity contribution in [1.29, 1.82) is 0 Å². The molecule has 4 nitrogen and oxygen atoms in total. The van der Waals surface area contributed by atoms with Crippen LogP contribution < -0.4 is 10.3 Å². The SMILES string of the molecule is CCC[n+]1ccn(C(N)CC)c1.[OH-]. The summed E-state index contributed by atoms with van der Waals surface area (Å²) in [7, 11) is 0. The van der Waals surface area contributed by atoms with E-state index in [0.717, 1.165) is 19.4 Å². The minimum Gasteiger partial charge on any atom is -0.870 e. The molecule has 1 aromatic heterocycles. The Balaban J connectivity index is 0.00000144. The molecule has 0 spiro atoms. The Morgan fingerprint density at radius 3 is 2.69 bits per heavy atom. The van der Waals surface area contributed by atoms with Gasteiger partial charge in [0.05, 0.1) is 6.54 Å². The van der Waals surface area contributed by atoms with Crippen molar-refractivity contribution in [2.24, 2.45) is 5.73 Å². The first-order valence-corrected chi connectivity index (χ1v) is 4.60. The van der Waals surface area contributed by atoms with Gasteiger partial charge < -0.3 is 5.48 Å². The van der Waals surface area contributed by atoms with Crippen molar-refractivity contribution in [3.63, 3.8) is 0 Å². The molecule has 3 N–H and O–H groups in total. The van der Waals surface area contributed by atoms with E-state index in [1.807, 2.05) is 6.20 Å². The largest absolute Gasteiger partial charge is 0.870 e. The van der Waals surface area contributed by atoms with Gasteiger partial charge in [0, 0.05) is 0 Å². The van der Waals surface area contributed by atoms with Crippen molar-refractivity contribution < 1.29 is 10.0 Å². The first-order chi connectivity index (χ1) is 5.77. The molecule has 13 heavy (non-hydrogen) atoms. The van der Waals surface area contributed by atoms with E-state index in [-0.39, 0.29) is 11.6 Å². The van der Waals surface area contributed by atoms with Crippen molar-refractivity contribution in [2.75, 3.05) is 0 Å². The monoisotopic (exact) mass is 185 g/mol. The van der Waals surface area contributed by atoms with E-state index in [1.54, 1.807) is 0 Å². The van der Waals surface area contributed by atoms with E-state index >= 15 is 0 Å². The molecular weight excluding hydrogens is 166 g/mol. The van der Waals surface area contributed by atoms with Gasteiger partial charge in [-0.3, -0.25) is 5.73 Å². The summed E-state index contributed by atoms with van der Waals surface area (Å²) in [6, 6.07) is 0. The van der Waals surface area contributed by atoms with E-state index in [4.69, 9.17) is 5.73 Å². The Kier molecular flexibility index (Phi) is 5.34. The summed E-state index contributed by atoms with van der Waals surface area (Å²) in [5, 5.41) is 0. The van der Waals surface area contributed by atoms with E-state index in [2.05, 4.69) is 35.5 Å². The second-order valence-electron chi connectivity index (χ2n) is 3.07. The minimum absolute atomic E-state index is 0. The van der Waals surface area contributed by atoms with Gasteiger partial charge in [-0.05, 0) is 12.8 Å². The summed E-state index contributed by atoms with van der Waals surface area (Å²) in [6.07, 6.45) is 8.43. The zero-order valence-corrected chi connectivity index (χ0v) is 8.35. The van der Waals surface area contributed by atoms with Gasteiger partial charge >= 0.3 is 0 Å². The summed E-state index contributed by atoms with van der Waals surface area (Å²) in [5.41, 5.74) is 5.85. The van der Waals surface area contributed by atoms with Crippen molar-refractivity contribution in [2.45, 2.75) is 39.4 Å². The van der Waals surface area contributed by atoms with E-state index < -0.39 is 0 Å². The molecule has 0 aromatic carbocycles. The summed E-state index contributed by atoms with van der Waals surface area (Å²) in [6.45, 7) is 5.34. The molecule has 1 unspecified atom stereocenters.